The summed E-state index contributed by atoms with van der Waals surface area (Å²) < 4.78 is 27.6. The molecule has 7 heteroatoms. The van der Waals surface area contributed by atoms with Gasteiger partial charge in [0.25, 0.3) is 15.9 Å². The normalized spacial score (nSPS) is 13.6. The highest BCUT2D eigenvalue weighted by Crippen LogP contribution is 2.32. The molecule has 1 aromatic heterocycles. The molecular weight excluding hydrogens is 386 g/mol. The molecule has 0 atom stereocenters. The van der Waals surface area contributed by atoms with E-state index in [9.17, 15) is 13.2 Å². The summed E-state index contributed by atoms with van der Waals surface area (Å²) >= 11 is 0. The Morgan fingerprint density at radius 3 is 2.66 bits per heavy atom. The molecule has 4 rings (SSSR count). The van der Waals surface area contributed by atoms with Gasteiger partial charge in [0, 0.05) is 31.0 Å². The fraction of sp³-hybridized carbons (Fsp3) is 0.182. The van der Waals surface area contributed by atoms with E-state index < -0.39 is 10.0 Å². The van der Waals surface area contributed by atoms with Crippen molar-refractivity contribution in [3.63, 3.8) is 0 Å². The van der Waals surface area contributed by atoms with Crippen LogP contribution in [0.2, 0.25) is 0 Å². The van der Waals surface area contributed by atoms with Gasteiger partial charge in [-0.2, -0.15) is 0 Å². The molecule has 148 valence electrons. The van der Waals surface area contributed by atoms with Crippen LogP contribution in [-0.2, 0) is 23.0 Å². The van der Waals surface area contributed by atoms with Crippen molar-refractivity contribution in [3.8, 4) is 0 Å². The Morgan fingerprint density at radius 2 is 1.90 bits per heavy atom. The lowest BCUT2D eigenvalue weighted by Crippen LogP contribution is -2.35. The number of pyridine rings is 1. The Bertz CT molecular complexity index is 1120. The second-order valence-corrected chi connectivity index (χ2v) is 8.74. The van der Waals surface area contributed by atoms with Crippen LogP contribution in [0.4, 0.5) is 5.69 Å². The number of hydrogen-bond donors (Lipinski definition) is 1. The minimum atomic E-state index is -3.63. The molecule has 0 bridgehead atoms. The predicted octanol–water partition coefficient (Wildman–Crippen LogP) is 3.15. The van der Waals surface area contributed by atoms with E-state index in [0.29, 0.717) is 30.8 Å². The number of amides is 1. The molecule has 2 aromatic carbocycles. The van der Waals surface area contributed by atoms with Crippen LogP contribution in [0.15, 0.2) is 78.0 Å². The van der Waals surface area contributed by atoms with Gasteiger partial charge in [-0.15, -0.1) is 0 Å². The standard InChI is InChI=1S/C22H21N3O3S/c26-22(24-16-17-6-4-12-23-15-17)19-10-11-21-18(14-19)7-5-13-25(21)29(27,28)20-8-2-1-3-9-20/h1-4,6,8-12,14-15H,5,7,13,16H2,(H,24,26). The van der Waals surface area contributed by atoms with Crippen LogP contribution in [0.3, 0.4) is 0 Å². The number of benzene rings is 2. The zero-order chi connectivity index (χ0) is 20.3. The summed E-state index contributed by atoms with van der Waals surface area (Å²) in [6.45, 7) is 0.815. The van der Waals surface area contributed by atoms with Crippen molar-refractivity contribution >= 4 is 21.6 Å². The first-order chi connectivity index (χ1) is 14.1. The van der Waals surface area contributed by atoms with E-state index in [1.807, 2.05) is 12.1 Å². The van der Waals surface area contributed by atoms with Crippen molar-refractivity contribution in [2.75, 3.05) is 10.8 Å². The van der Waals surface area contributed by atoms with Gasteiger partial charge >= 0.3 is 0 Å². The van der Waals surface area contributed by atoms with E-state index in [-0.39, 0.29) is 10.8 Å². The molecule has 0 saturated carbocycles. The number of rotatable bonds is 5. The molecule has 29 heavy (non-hydrogen) atoms. The van der Waals surface area contributed by atoms with Gasteiger partial charge < -0.3 is 5.32 Å². The third-order valence-electron chi connectivity index (χ3n) is 4.92. The maximum absolute atomic E-state index is 13.1. The molecule has 0 fully saturated rings. The van der Waals surface area contributed by atoms with Gasteiger partial charge in [-0.3, -0.25) is 14.1 Å². The fourth-order valence-electron chi connectivity index (χ4n) is 3.46. The highest BCUT2D eigenvalue weighted by Gasteiger charge is 2.29. The molecular formula is C22H21N3O3S. The van der Waals surface area contributed by atoms with Crippen LogP contribution in [0.5, 0.6) is 0 Å². The molecule has 2 heterocycles. The summed E-state index contributed by atoms with van der Waals surface area (Å²) in [7, 11) is -3.63. The molecule has 0 spiro atoms. The van der Waals surface area contributed by atoms with E-state index >= 15 is 0 Å². The van der Waals surface area contributed by atoms with Gasteiger partial charge in [0.05, 0.1) is 10.6 Å². The average molecular weight is 407 g/mol. The molecule has 0 unspecified atom stereocenters. The highest BCUT2D eigenvalue weighted by molar-refractivity contribution is 7.92. The molecule has 0 saturated heterocycles. The van der Waals surface area contributed by atoms with Crippen LogP contribution in [-0.4, -0.2) is 25.9 Å². The van der Waals surface area contributed by atoms with Crippen molar-refractivity contribution < 1.29 is 13.2 Å². The maximum atomic E-state index is 13.1. The van der Waals surface area contributed by atoms with Crippen molar-refractivity contribution in [1.82, 2.24) is 10.3 Å². The van der Waals surface area contributed by atoms with Gasteiger partial charge in [-0.1, -0.05) is 24.3 Å². The van der Waals surface area contributed by atoms with E-state index in [1.165, 1.54) is 4.31 Å². The second kappa shape index (κ2) is 8.05. The quantitative estimate of drug-likeness (QED) is 0.705. The first-order valence-corrected chi connectivity index (χ1v) is 10.9. The summed E-state index contributed by atoms with van der Waals surface area (Å²) in [5.41, 5.74) is 2.94. The minimum absolute atomic E-state index is 0.195. The molecule has 3 aromatic rings. The summed E-state index contributed by atoms with van der Waals surface area (Å²) in [4.78, 5) is 16.8. The second-order valence-electron chi connectivity index (χ2n) is 6.88. The molecule has 1 aliphatic rings. The molecule has 1 amide bonds. The van der Waals surface area contributed by atoms with Gasteiger partial charge in [0.15, 0.2) is 0 Å². The number of fused-ring (bicyclic) bond motifs is 1. The van der Waals surface area contributed by atoms with Crippen LogP contribution >= 0.6 is 0 Å². The topological polar surface area (TPSA) is 79.4 Å². The lowest BCUT2D eigenvalue weighted by atomic mass is 10.0. The van der Waals surface area contributed by atoms with Gasteiger partial charge in [0.2, 0.25) is 0 Å². The van der Waals surface area contributed by atoms with E-state index in [1.54, 1.807) is 60.9 Å². The Kier molecular flexibility index (Phi) is 5.31. The summed E-state index contributed by atoms with van der Waals surface area (Å²) in [5.74, 6) is -0.195. The number of aromatic nitrogens is 1. The molecule has 0 aliphatic carbocycles. The lowest BCUT2D eigenvalue weighted by Gasteiger charge is -2.30. The Hall–Kier alpha value is -3.19. The first kappa shape index (κ1) is 19.1. The third-order valence-corrected chi connectivity index (χ3v) is 6.75. The van der Waals surface area contributed by atoms with E-state index in [0.717, 1.165) is 17.5 Å². The average Bonchev–Trinajstić information content (AvgIpc) is 2.78. The summed E-state index contributed by atoms with van der Waals surface area (Å²) in [6, 6.07) is 17.3. The Labute approximate surface area is 170 Å². The first-order valence-electron chi connectivity index (χ1n) is 9.43. The Morgan fingerprint density at radius 1 is 1.07 bits per heavy atom. The largest absolute Gasteiger partial charge is 0.348 e. The SMILES string of the molecule is O=C(NCc1cccnc1)c1ccc2c(c1)CCCN2S(=O)(=O)c1ccccc1. The molecule has 1 N–H and O–H groups in total. The van der Waals surface area contributed by atoms with E-state index in [2.05, 4.69) is 10.3 Å². The van der Waals surface area contributed by atoms with Crippen molar-refractivity contribution in [2.24, 2.45) is 0 Å². The highest BCUT2D eigenvalue weighted by atomic mass is 32.2. The summed E-state index contributed by atoms with van der Waals surface area (Å²) in [6.07, 6.45) is 4.84. The number of aryl methyl sites for hydroxylation is 1. The number of hydrogen-bond acceptors (Lipinski definition) is 4. The number of carbonyl (C=O) groups excluding carboxylic acids is 1. The zero-order valence-corrected chi connectivity index (χ0v) is 16.6. The molecule has 0 radical (unpaired) electrons. The van der Waals surface area contributed by atoms with Gasteiger partial charge in [-0.05, 0) is 60.4 Å². The fourth-order valence-corrected chi connectivity index (χ4v) is 5.02. The number of anilines is 1. The van der Waals surface area contributed by atoms with Crippen LogP contribution in [0.1, 0.15) is 27.9 Å². The number of nitrogens with one attached hydrogen (secondary N) is 1. The monoisotopic (exact) mass is 407 g/mol. The minimum Gasteiger partial charge on any atom is -0.348 e. The number of carbonyl (C=O) groups is 1. The number of nitrogens with zero attached hydrogens (tertiary/aromatic N) is 2. The lowest BCUT2D eigenvalue weighted by molar-refractivity contribution is 0.0951. The van der Waals surface area contributed by atoms with Gasteiger partial charge in [-0.25, -0.2) is 8.42 Å². The van der Waals surface area contributed by atoms with Gasteiger partial charge in [0.1, 0.15) is 0 Å². The third kappa shape index (κ3) is 4.00. The van der Waals surface area contributed by atoms with Crippen molar-refractivity contribution in [2.45, 2.75) is 24.3 Å². The maximum Gasteiger partial charge on any atom is 0.264 e. The van der Waals surface area contributed by atoms with Crippen LogP contribution in [0, 0.1) is 0 Å². The zero-order valence-electron chi connectivity index (χ0n) is 15.8. The molecule has 6 nitrogen and oxygen atoms in total. The van der Waals surface area contributed by atoms with Crippen molar-refractivity contribution in [3.05, 3.63) is 89.7 Å². The smallest absolute Gasteiger partial charge is 0.264 e. The van der Waals surface area contributed by atoms with Crippen LogP contribution in [0.25, 0.3) is 0 Å². The summed E-state index contributed by atoms with van der Waals surface area (Å²) in [5, 5.41) is 2.88. The van der Waals surface area contributed by atoms with Crippen LogP contribution < -0.4 is 9.62 Å². The van der Waals surface area contributed by atoms with E-state index in [4.69, 9.17) is 0 Å². The molecule has 1 aliphatic heterocycles. The van der Waals surface area contributed by atoms with Crippen molar-refractivity contribution in [1.29, 1.82) is 0 Å². The Balaban J connectivity index is 1.56. The predicted molar refractivity (Wildman–Crippen MR) is 111 cm³/mol. The number of sulfonamides is 1.